The zero-order valence-corrected chi connectivity index (χ0v) is 12.5. The van der Waals surface area contributed by atoms with Crippen molar-refractivity contribution in [2.75, 3.05) is 13.7 Å². The average molecular weight is 291 g/mol. The fourth-order valence-electron chi connectivity index (χ4n) is 1.74. The average Bonchev–Trinajstić information content (AvgIpc) is 2.39. The van der Waals surface area contributed by atoms with Gasteiger partial charge < -0.3 is 9.47 Å². The molecule has 1 aromatic carbocycles. The van der Waals surface area contributed by atoms with E-state index in [2.05, 4.69) is 6.92 Å². The molecule has 4 heteroatoms. The molecule has 18 heavy (non-hydrogen) atoms. The molecule has 0 heterocycles. The van der Waals surface area contributed by atoms with Gasteiger partial charge in [-0.25, -0.2) is 0 Å². The van der Waals surface area contributed by atoms with Crippen LogP contribution < -0.4 is 9.47 Å². The van der Waals surface area contributed by atoms with Crippen LogP contribution in [0.4, 0.5) is 0 Å². The molecule has 0 aliphatic heterocycles. The third-order valence-electron chi connectivity index (χ3n) is 2.70. The summed E-state index contributed by atoms with van der Waals surface area (Å²) in [6.45, 7) is 2.87. The fraction of sp³-hybridized carbons (Fsp3) is 0.571. The van der Waals surface area contributed by atoms with Crippen LogP contribution in [-0.4, -0.2) is 13.7 Å². The second kappa shape index (κ2) is 8.49. The Bertz CT molecular complexity index is 342. The Morgan fingerprint density at radius 3 is 2.56 bits per heavy atom. The molecule has 0 bridgehead atoms. The van der Waals surface area contributed by atoms with E-state index >= 15 is 0 Å². The molecule has 0 aromatic heterocycles. The van der Waals surface area contributed by atoms with Crippen molar-refractivity contribution in [3.63, 3.8) is 0 Å². The van der Waals surface area contributed by atoms with Gasteiger partial charge in [0, 0.05) is 16.7 Å². The first-order chi connectivity index (χ1) is 8.72. The van der Waals surface area contributed by atoms with Crippen LogP contribution in [0.3, 0.4) is 0 Å². The number of hydrogen-bond acceptors (Lipinski definition) is 2. The standard InChI is InChI=1S/C14H20Cl2O2/c1-3-4-5-6-7-18-14-11(10-15)8-12(16)9-13(14)17-2/h8-9H,3-7,10H2,1-2H3. The van der Waals surface area contributed by atoms with Gasteiger partial charge in [-0.05, 0) is 12.5 Å². The third kappa shape index (κ3) is 4.58. The molecule has 0 radical (unpaired) electrons. The largest absolute Gasteiger partial charge is 0.493 e. The molecule has 0 atom stereocenters. The summed E-state index contributed by atoms with van der Waals surface area (Å²) in [6, 6.07) is 3.57. The van der Waals surface area contributed by atoms with Gasteiger partial charge in [0.25, 0.3) is 0 Å². The maximum Gasteiger partial charge on any atom is 0.165 e. The van der Waals surface area contributed by atoms with Crippen molar-refractivity contribution in [2.24, 2.45) is 0 Å². The Hall–Kier alpha value is -0.600. The Balaban J connectivity index is 2.67. The van der Waals surface area contributed by atoms with Gasteiger partial charge in [-0.1, -0.05) is 37.8 Å². The SMILES string of the molecule is CCCCCCOc1c(CCl)cc(Cl)cc1OC. The number of methoxy groups -OCH3 is 1. The van der Waals surface area contributed by atoms with E-state index in [9.17, 15) is 0 Å². The highest BCUT2D eigenvalue weighted by Crippen LogP contribution is 2.35. The maximum atomic E-state index is 5.99. The molecule has 1 rings (SSSR count). The van der Waals surface area contributed by atoms with E-state index in [1.807, 2.05) is 6.07 Å². The molecule has 0 aliphatic carbocycles. The van der Waals surface area contributed by atoms with Gasteiger partial charge in [0.1, 0.15) is 0 Å². The van der Waals surface area contributed by atoms with Crippen molar-refractivity contribution in [3.05, 3.63) is 22.7 Å². The topological polar surface area (TPSA) is 18.5 Å². The van der Waals surface area contributed by atoms with Gasteiger partial charge in [-0.2, -0.15) is 0 Å². The number of benzene rings is 1. The van der Waals surface area contributed by atoms with Gasteiger partial charge in [-0.15, -0.1) is 11.6 Å². The molecule has 0 amide bonds. The molecule has 0 fully saturated rings. The summed E-state index contributed by atoms with van der Waals surface area (Å²) in [5, 5.41) is 0.612. The van der Waals surface area contributed by atoms with E-state index in [0.717, 1.165) is 12.0 Å². The summed E-state index contributed by atoms with van der Waals surface area (Å²) >= 11 is 11.9. The van der Waals surface area contributed by atoms with Crippen LogP contribution in [0, 0.1) is 0 Å². The Morgan fingerprint density at radius 1 is 1.17 bits per heavy atom. The first-order valence-corrected chi connectivity index (χ1v) is 7.19. The maximum absolute atomic E-state index is 5.99. The highest BCUT2D eigenvalue weighted by molar-refractivity contribution is 6.31. The molecule has 102 valence electrons. The van der Waals surface area contributed by atoms with Crippen LogP contribution in [0.5, 0.6) is 11.5 Å². The first kappa shape index (κ1) is 15.5. The molecule has 1 aromatic rings. The molecule has 0 spiro atoms. The van der Waals surface area contributed by atoms with Gasteiger partial charge in [-0.3, -0.25) is 0 Å². The van der Waals surface area contributed by atoms with E-state index in [1.54, 1.807) is 13.2 Å². The van der Waals surface area contributed by atoms with Crippen LogP contribution in [0.1, 0.15) is 38.2 Å². The van der Waals surface area contributed by atoms with E-state index in [0.29, 0.717) is 29.0 Å². The number of ether oxygens (including phenoxy) is 2. The van der Waals surface area contributed by atoms with Crippen molar-refractivity contribution >= 4 is 23.2 Å². The summed E-state index contributed by atoms with van der Waals surface area (Å²) < 4.78 is 11.1. The van der Waals surface area contributed by atoms with Crippen molar-refractivity contribution in [3.8, 4) is 11.5 Å². The lowest BCUT2D eigenvalue weighted by Crippen LogP contribution is -2.02. The van der Waals surface area contributed by atoms with Gasteiger partial charge in [0.2, 0.25) is 0 Å². The summed E-state index contributed by atoms with van der Waals surface area (Å²) in [5.41, 5.74) is 0.872. The minimum Gasteiger partial charge on any atom is -0.493 e. The van der Waals surface area contributed by atoms with Crippen LogP contribution in [0.2, 0.25) is 5.02 Å². The van der Waals surface area contributed by atoms with Crippen molar-refractivity contribution < 1.29 is 9.47 Å². The summed E-state index contributed by atoms with van der Waals surface area (Å²) in [5.74, 6) is 1.73. The van der Waals surface area contributed by atoms with Gasteiger partial charge in [0.05, 0.1) is 19.6 Å². The summed E-state index contributed by atoms with van der Waals surface area (Å²) in [6.07, 6.45) is 4.69. The fourth-order valence-corrected chi connectivity index (χ4v) is 2.17. The second-order valence-electron chi connectivity index (χ2n) is 4.14. The molecule has 2 nitrogen and oxygen atoms in total. The summed E-state index contributed by atoms with van der Waals surface area (Å²) in [7, 11) is 1.60. The number of unbranched alkanes of at least 4 members (excludes halogenated alkanes) is 3. The van der Waals surface area contributed by atoms with Crippen LogP contribution in [0.25, 0.3) is 0 Å². The number of hydrogen-bond donors (Lipinski definition) is 0. The van der Waals surface area contributed by atoms with E-state index in [4.69, 9.17) is 32.7 Å². The first-order valence-electron chi connectivity index (χ1n) is 6.28. The molecule has 0 saturated heterocycles. The normalized spacial score (nSPS) is 10.4. The van der Waals surface area contributed by atoms with Crippen LogP contribution >= 0.6 is 23.2 Å². The predicted molar refractivity (Wildman–Crippen MR) is 77.2 cm³/mol. The van der Waals surface area contributed by atoms with Crippen LogP contribution in [0.15, 0.2) is 12.1 Å². The highest BCUT2D eigenvalue weighted by Gasteiger charge is 2.12. The van der Waals surface area contributed by atoms with E-state index in [-0.39, 0.29) is 0 Å². The smallest absolute Gasteiger partial charge is 0.165 e. The molecular weight excluding hydrogens is 271 g/mol. The van der Waals surface area contributed by atoms with E-state index < -0.39 is 0 Å². The van der Waals surface area contributed by atoms with Crippen molar-refractivity contribution in [1.82, 2.24) is 0 Å². The van der Waals surface area contributed by atoms with Gasteiger partial charge >= 0.3 is 0 Å². The van der Waals surface area contributed by atoms with Gasteiger partial charge in [0.15, 0.2) is 11.5 Å². The number of halogens is 2. The van der Waals surface area contributed by atoms with Crippen LogP contribution in [-0.2, 0) is 5.88 Å². The van der Waals surface area contributed by atoms with E-state index in [1.165, 1.54) is 19.3 Å². The second-order valence-corrected chi connectivity index (χ2v) is 4.84. The lowest BCUT2D eigenvalue weighted by Gasteiger charge is -2.14. The number of alkyl halides is 1. The predicted octanol–water partition coefficient (Wildman–Crippen LogP) is 5.05. The Kier molecular flexibility index (Phi) is 7.29. The van der Waals surface area contributed by atoms with Crippen molar-refractivity contribution in [1.29, 1.82) is 0 Å². The lowest BCUT2D eigenvalue weighted by molar-refractivity contribution is 0.283. The monoisotopic (exact) mass is 290 g/mol. The summed E-state index contributed by atoms with van der Waals surface area (Å²) in [4.78, 5) is 0. The quantitative estimate of drug-likeness (QED) is 0.493. The third-order valence-corrected chi connectivity index (χ3v) is 3.21. The molecule has 0 unspecified atom stereocenters. The molecule has 0 N–H and O–H groups in total. The Labute approximate surface area is 119 Å². The highest BCUT2D eigenvalue weighted by atomic mass is 35.5. The zero-order chi connectivity index (χ0) is 13.4. The lowest BCUT2D eigenvalue weighted by atomic mass is 10.2. The van der Waals surface area contributed by atoms with Crippen molar-refractivity contribution in [2.45, 2.75) is 38.5 Å². The number of rotatable bonds is 8. The molecular formula is C14H20Cl2O2. The Morgan fingerprint density at radius 2 is 1.94 bits per heavy atom. The minimum atomic E-state index is 0.362. The zero-order valence-electron chi connectivity index (χ0n) is 11.0. The minimum absolute atomic E-state index is 0.362. The molecule has 0 aliphatic rings. The molecule has 0 saturated carbocycles.